The summed E-state index contributed by atoms with van der Waals surface area (Å²) in [5.41, 5.74) is -3.41. The molecule has 1 aliphatic heterocycles. The Morgan fingerprint density at radius 3 is 2.09 bits per heavy atom. The van der Waals surface area contributed by atoms with Gasteiger partial charge in [-0.25, -0.2) is 0 Å². The average molecular weight is 752 g/mol. The fourth-order valence-electron chi connectivity index (χ4n) is 13.4. The van der Waals surface area contributed by atoms with Crippen LogP contribution < -0.4 is 0 Å². The van der Waals surface area contributed by atoms with E-state index in [1.165, 1.54) is 12.1 Å². The number of carbonyl (C=O) groups is 1. The Bertz CT molecular complexity index is 2010. The van der Waals surface area contributed by atoms with Crippen LogP contribution in [0.5, 0.6) is 0 Å². The molecule has 7 aliphatic rings. The number of rotatable bonds is 7. The standard InChI is InChI=1S/C47H52F3NO4/c1-41-21-18-35(52)28-43(41)24-25-45(36(29-43)40(53)31-11-9-16-34(27-31)47(48,49)50)37(41)19-22-42(2)38(45)20-23-44(42,54)30-51-26-10-17-39(51)46(55,32-12-5-3-6-13-32)33-14-7-4-8-15-33/h3-9,11-16,24-25,27,29,35,37-39,52,54-55H,10,17-23,26,28,30H2,1-2H3/t35?,37-,38-,39-,41-,42+,43+,44-,45-/m1/s1. The molecule has 6 aliphatic carbocycles. The number of β-amino-alcohol motifs (C(OH)–C–C–N with tert-alkyl or cyclic N) is 1. The maximum atomic E-state index is 14.9. The van der Waals surface area contributed by atoms with Crippen molar-refractivity contribution < 1.29 is 33.3 Å². The van der Waals surface area contributed by atoms with Crippen LogP contribution >= 0.6 is 0 Å². The predicted molar refractivity (Wildman–Crippen MR) is 205 cm³/mol. The molecule has 1 saturated heterocycles. The van der Waals surface area contributed by atoms with E-state index in [4.69, 9.17) is 0 Å². The van der Waals surface area contributed by atoms with Crippen molar-refractivity contribution in [1.82, 2.24) is 4.90 Å². The molecule has 10 rings (SSSR count). The molecule has 2 bridgehead atoms. The molecular weight excluding hydrogens is 700 g/mol. The number of ketones is 1. The molecule has 3 aromatic rings. The number of Topliss-reactive ketones (excluding diaryl/α,β-unsaturated/α-hetero) is 1. The second kappa shape index (κ2) is 12.5. The van der Waals surface area contributed by atoms with Gasteiger partial charge in [-0.05, 0) is 105 Å². The molecule has 0 aromatic heterocycles. The fraction of sp³-hybridized carbons (Fsp3) is 0.511. The second-order valence-electron chi connectivity index (χ2n) is 18.3. The van der Waals surface area contributed by atoms with Gasteiger partial charge in [-0.1, -0.05) is 105 Å². The lowest BCUT2D eigenvalue weighted by Crippen LogP contribution is -2.67. The van der Waals surface area contributed by atoms with Gasteiger partial charge in [0, 0.05) is 40.0 Å². The zero-order chi connectivity index (χ0) is 38.6. The topological polar surface area (TPSA) is 81.0 Å². The first kappa shape index (κ1) is 37.0. The Morgan fingerprint density at radius 2 is 1.42 bits per heavy atom. The fourth-order valence-corrected chi connectivity index (χ4v) is 13.4. The summed E-state index contributed by atoms with van der Waals surface area (Å²) >= 11 is 0. The van der Waals surface area contributed by atoms with Crippen molar-refractivity contribution in [3.8, 4) is 0 Å². The molecule has 3 N–H and O–H groups in total. The number of aliphatic hydroxyl groups excluding tert-OH is 1. The number of hydrogen-bond donors (Lipinski definition) is 3. The lowest BCUT2D eigenvalue weighted by molar-refractivity contribution is -0.178. The minimum atomic E-state index is -4.59. The Labute approximate surface area is 322 Å². The van der Waals surface area contributed by atoms with Crippen LogP contribution in [-0.4, -0.2) is 56.8 Å². The van der Waals surface area contributed by atoms with E-state index in [1.807, 2.05) is 66.7 Å². The number of hydrogen-bond acceptors (Lipinski definition) is 5. The van der Waals surface area contributed by atoms with Crippen molar-refractivity contribution in [1.29, 1.82) is 0 Å². The molecule has 3 aromatic carbocycles. The number of likely N-dealkylation sites (tertiary alicyclic amines) is 1. The largest absolute Gasteiger partial charge is 0.416 e. The van der Waals surface area contributed by atoms with Crippen molar-refractivity contribution in [2.24, 2.45) is 33.5 Å². The van der Waals surface area contributed by atoms with Crippen molar-refractivity contribution in [3.63, 3.8) is 0 Å². The summed E-state index contributed by atoms with van der Waals surface area (Å²) in [5.74, 6) is -0.517. The molecule has 55 heavy (non-hydrogen) atoms. The predicted octanol–water partition coefficient (Wildman–Crippen LogP) is 8.88. The van der Waals surface area contributed by atoms with Crippen LogP contribution in [0.25, 0.3) is 0 Å². The smallest absolute Gasteiger partial charge is 0.393 e. The highest BCUT2D eigenvalue weighted by molar-refractivity contribution is 6.10. The molecule has 2 spiro atoms. The number of fused-ring (bicyclic) bond motifs is 1. The highest BCUT2D eigenvalue weighted by atomic mass is 19.4. The van der Waals surface area contributed by atoms with Crippen molar-refractivity contribution in [2.75, 3.05) is 13.1 Å². The molecule has 1 heterocycles. The lowest BCUT2D eigenvalue weighted by atomic mass is 9.32. The van der Waals surface area contributed by atoms with Gasteiger partial charge in [0.1, 0.15) is 5.60 Å². The number of nitrogens with zero attached hydrogens (tertiary/aromatic N) is 1. The van der Waals surface area contributed by atoms with Gasteiger partial charge in [0.25, 0.3) is 0 Å². The number of benzene rings is 3. The van der Waals surface area contributed by atoms with Crippen LogP contribution in [-0.2, 0) is 11.8 Å². The molecule has 5 nitrogen and oxygen atoms in total. The quantitative estimate of drug-likeness (QED) is 0.166. The molecule has 1 unspecified atom stereocenters. The summed E-state index contributed by atoms with van der Waals surface area (Å²) in [6.45, 7) is 5.58. The Kier molecular flexibility index (Phi) is 8.40. The summed E-state index contributed by atoms with van der Waals surface area (Å²) < 4.78 is 41.9. The lowest BCUT2D eigenvalue weighted by Gasteiger charge is -2.71. The molecule has 290 valence electrons. The average Bonchev–Trinajstić information content (AvgIpc) is 3.75. The van der Waals surface area contributed by atoms with Crippen LogP contribution in [0.2, 0.25) is 0 Å². The van der Waals surface area contributed by atoms with Crippen LogP contribution in [0.3, 0.4) is 0 Å². The Hall–Kier alpha value is -3.56. The van der Waals surface area contributed by atoms with E-state index in [0.717, 1.165) is 61.9 Å². The molecular formula is C47H52F3NO4. The van der Waals surface area contributed by atoms with E-state index < -0.39 is 51.1 Å². The van der Waals surface area contributed by atoms with E-state index in [9.17, 15) is 33.3 Å². The molecule has 0 amide bonds. The summed E-state index contributed by atoms with van der Waals surface area (Å²) in [6.07, 6.45) is 7.57. The van der Waals surface area contributed by atoms with Crippen LogP contribution in [0, 0.1) is 33.5 Å². The first-order chi connectivity index (χ1) is 26.1. The summed E-state index contributed by atoms with van der Waals surface area (Å²) in [6, 6.07) is 24.1. The van der Waals surface area contributed by atoms with Gasteiger partial charge >= 0.3 is 6.18 Å². The Balaban J connectivity index is 1.12. The molecule has 8 heteroatoms. The maximum Gasteiger partial charge on any atom is 0.416 e. The van der Waals surface area contributed by atoms with Crippen LogP contribution in [0.15, 0.2) is 109 Å². The monoisotopic (exact) mass is 751 g/mol. The van der Waals surface area contributed by atoms with Crippen molar-refractivity contribution in [3.05, 3.63) is 131 Å². The number of allylic oxidation sites excluding steroid dienone is 4. The summed E-state index contributed by atoms with van der Waals surface area (Å²) in [4.78, 5) is 17.2. The van der Waals surface area contributed by atoms with Crippen molar-refractivity contribution in [2.45, 2.75) is 101 Å². The highest BCUT2D eigenvalue weighted by Gasteiger charge is 2.74. The third-order valence-electron chi connectivity index (χ3n) is 16.1. The zero-order valence-corrected chi connectivity index (χ0v) is 31.7. The second-order valence-corrected chi connectivity index (χ2v) is 18.3. The SMILES string of the molecule is C[C@]12CC[C@H]3[C@]4(C=C[C@@]5(C=C4C(=O)c4cccc(C(F)(F)F)c4)CC(O)CC[C@]35C)[C@@H]1CC[C@@]2(O)CN1CCC[C@@H]1C(O)(c1ccccc1)c1ccccc1. The third kappa shape index (κ3) is 5.09. The zero-order valence-electron chi connectivity index (χ0n) is 31.7. The number of alkyl halides is 3. The Morgan fingerprint density at radius 1 is 0.800 bits per heavy atom. The van der Waals surface area contributed by atoms with E-state index in [0.29, 0.717) is 37.8 Å². The normalized spacial score (nSPS) is 38.3. The van der Waals surface area contributed by atoms with E-state index in [2.05, 4.69) is 30.9 Å². The summed E-state index contributed by atoms with van der Waals surface area (Å²) in [7, 11) is 0. The molecule has 9 atom stereocenters. The minimum Gasteiger partial charge on any atom is -0.393 e. The molecule has 3 saturated carbocycles. The number of carbonyl (C=O) groups excluding carboxylic acids is 1. The van der Waals surface area contributed by atoms with E-state index in [1.54, 1.807) is 0 Å². The molecule has 4 fully saturated rings. The van der Waals surface area contributed by atoms with Gasteiger partial charge in [0.05, 0.1) is 17.3 Å². The first-order valence-corrected chi connectivity index (χ1v) is 20.3. The maximum absolute atomic E-state index is 14.9. The van der Waals surface area contributed by atoms with Gasteiger partial charge in [0.15, 0.2) is 5.78 Å². The van der Waals surface area contributed by atoms with Gasteiger partial charge in [0.2, 0.25) is 0 Å². The highest BCUT2D eigenvalue weighted by Crippen LogP contribution is 2.78. The van der Waals surface area contributed by atoms with Gasteiger partial charge in [-0.3, -0.25) is 9.69 Å². The minimum absolute atomic E-state index is 0.0196. The number of aliphatic hydroxyl groups is 3. The van der Waals surface area contributed by atoms with Crippen LogP contribution in [0.4, 0.5) is 13.2 Å². The third-order valence-corrected chi connectivity index (χ3v) is 16.1. The van der Waals surface area contributed by atoms with E-state index in [-0.39, 0.29) is 28.9 Å². The van der Waals surface area contributed by atoms with Gasteiger partial charge in [-0.15, -0.1) is 0 Å². The number of halogens is 3. The van der Waals surface area contributed by atoms with Gasteiger partial charge < -0.3 is 15.3 Å². The van der Waals surface area contributed by atoms with Crippen molar-refractivity contribution >= 4 is 5.78 Å². The molecule has 0 radical (unpaired) electrons. The van der Waals surface area contributed by atoms with Gasteiger partial charge in [-0.2, -0.15) is 13.2 Å². The first-order valence-electron chi connectivity index (χ1n) is 20.3. The van der Waals surface area contributed by atoms with Crippen LogP contribution in [0.1, 0.15) is 98.7 Å². The summed E-state index contributed by atoms with van der Waals surface area (Å²) in [5, 5.41) is 37.1. The van der Waals surface area contributed by atoms with E-state index >= 15 is 0 Å².